The minimum Gasteiger partial charge on any atom is -0.394 e. The molecule has 2 saturated heterocycles. The van der Waals surface area contributed by atoms with E-state index in [4.69, 9.17) is 14.2 Å². The molecule has 21 nitrogen and oxygen atoms in total. The van der Waals surface area contributed by atoms with E-state index in [9.17, 15) is 54.0 Å². The number of phosphoric ester groups is 2. The van der Waals surface area contributed by atoms with Gasteiger partial charge in [-0.1, -0.05) is 41.5 Å². The average molecular weight is 783 g/mol. The summed E-state index contributed by atoms with van der Waals surface area (Å²) in [6.45, 7) is 18.4. The molecule has 2 aliphatic rings. The van der Waals surface area contributed by atoms with Crippen LogP contribution in [0.15, 0.2) is 21.9 Å². The Labute approximate surface area is 296 Å². The van der Waals surface area contributed by atoms with Crippen LogP contribution in [0.1, 0.15) is 47.8 Å². The van der Waals surface area contributed by atoms with Crippen molar-refractivity contribution in [1.82, 2.24) is 19.4 Å². The topological polar surface area (TPSA) is 292 Å². The number of H-pyrrole nitrogens is 1. The number of nitrogens with zero attached hydrogens (tertiary/aromatic N) is 3. The van der Waals surface area contributed by atoms with E-state index in [1.54, 1.807) is 0 Å². The predicted molar refractivity (Wildman–Crippen MR) is 181 cm³/mol. The fourth-order valence-electron chi connectivity index (χ4n) is 4.96. The lowest BCUT2D eigenvalue weighted by molar-refractivity contribution is -0.284. The predicted octanol–water partition coefficient (Wildman–Crippen LogP) is -1.44. The molecule has 8 N–H and O–H groups in total. The van der Waals surface area contributed by atoms with Crippen LogP contribution in [0.3, 0.4) is 0 Å². The van der Waals surface area contributed by atoms with E-state index in [0.717, 1.165) is 23.9 Å². The van der Waals surface area contributed by atoms with Gasteiger partial charge in [-0.25, -0.2) is 13.9 Å². The zero-order valence-electron chi connectivity index (χ0n) is 30.0. The van der Waals surface area contributed by atoms with E-state index in [2.05, 4.69) is 64.7 Å². The highest BCUT2D eigenvalue weighted by atomic mass is 31.3. The third kappa shape index (κ3) is 14.7. The van der Waals surface area contributed by atoms with E-state index < -0.39 is 95.4 Å². The van der Waals surface area contributed by atoms with Crippen molar-refractivity contribution in [2.45, 2.75) is 96.8 Å². The molecule has 2 fully saturated rings. The molecule has 0 saturated carbocycles. The number of hydrogen-bond donors (Lipinski definition) is 8. The lowest BCUT2D eigenvalue weighted by Crippen LogP contribution is -2.59. The van der Waals surface area contributed by atoms with Crippen LogP contribution in [0.5, 0.6) is 0 Å². The van der Waals surface area contributed by atoms with Gasteiger partial charge >= 0.3 is 21.3 Å². The molecular weight excluding hydrogens is 726 g/mol. The molecule has 1 aromatic rings. The molecule has 300 valence electrons. The molecule has 3 heterocycles. The fraction of sp³-hybridized carbons (Fsp3) is 0.857. The molecule has 0 spiro atoms. The lowest BCUT2D eigenvalue weighted by atomic mass is 9.99. The number of phosphoric acid groups is 2. The van der Waals surface area contributed by atoms with Crippen LogP contribution >= 0.6 is 15.6 Å². The van der Waals surface area contributed by atoms with Gasteiger partial charge < -0.3 is 59.3 Å². The largest absolute Gasteiger partial charge is 0.483 e. The van der Waals surface area contributed by atoms with Crippen LogP contribution in [0.4, 0.5) is 0 Å². The Morgan fingerprint density at radius 1 is 0.804 bits per heavy atom. The summed E-state index contributed by atoms with van der Waals surface area (Å²) < 4.78 is 53.6. The Kier molecular flexibility index (Phi) is 21.2. The minimum atomic E-state index is -5.55. The van der Waals surface area contributed by atoms with Gasteiger partial charge in [0.1, 0.15) is 42.7 Å². The molecule has 1 aromatic heterocycles. The molecule has 0 aliphatic carbocycles. The second-order valence-electron chi connectivity index (χ2n) is 11.1. The van der Waals surface area contributed by atoms with Gasteiger partial charge in [0, 0.05) is 19.4 Å². The fourth-order valence-corrected chi connectivity index (χ4v) is 7.11. The van der Waals surface area contributed by atoms with Gasteiger partial charge in [-0.05, 0) is 39.3 Å². The van der Waals surface area contributed by atoms with Crippen molar-refractivity contribution in [3.63, 3.8) is 0 Å². The Bertz CT molecular complexity index is 1320. The molecule has 0 radical (unpaired) electrons. The quantitative estimate of drug-likeness (QED) is 0.0891. The first-order chi connectivity index (χ1) is 23.9. The van der Waals surface area contributed by atoms with Gasteiger partial charge in [-0.2, -0.15) is 4.31 Å². The summed E-state index contributed by atoms with van der Waals surface area (Å²) in [4.78, 5) is 49.5. The number of methoxy groups -OCH3 is 1. The molecule has 0 bridgehead atoms. The monoisotopic (exact) mass is 782 g/mol. The Morgan fingerprint density at radius 3 is 1.76 bits per heavy atom. The highest BCUT2D eigenvalue weighted by Gasteiger charge is 2.50. The van der Waals surface area contributed by atoms with Gasteiger partial charge in [0.2, 0.25) is 0 Å². The molecule has 51 heavy (non-hydrogen) atoms. The molecule has 0 amide bonds. The smallest absolute Gasteiger partial charge is 0.394 e. The number of aromatic nitrogens is 2. The Morgan fingerprint density at radius 2 is 1.33 bits per heavy atom. The van der Waals surface area contributed by atoms with E-state index in [0.29, 0.717) is 0 Å². The molecule has 11 atom stereocenters. The van der Waals surface area contributed by atoms with Crippen LogP contribution in [0.2, 0.25) is 0 Å². The summed E-state index contributed by atoms with van der Waals surface area (Å²) in [5, 5.41) is 49.7. The average Bonchev–Trinajstić information content (AvgIpc) is 3.35. The van der Waals surface area contributed by atoms with Crippen LogP contribution in [0, 0.1) is 0 Å². The second-order valence-corrected chi connectivity index (χ2v) is 14.1. The molecule has 2 unspecified atom stereocenters. The summed E-state index contributed by atoms with van der Waals surface area (Å²) in [5.41, 5.74) is -1.73. The third-order valence-corrected chi connectivity index (χ3v) is 10.7. The summed E-state index contributed by atoms with van der Waals surface area (Å²) in [5.74, 6) is 0. The van der Waals surface area contributed by atoms with Gasteiger partial charge in [0.15, 0.2) is 12.5 Å². The van der Waals surface area contributed by atoms with E-state index in [-0.39, 0.29) is 0 Å². The number of rotatable bonds is 16. The van der Waals surface area contributed by atoms with Crippen molar-refractivity contribution in [2.24, 2.45) is 0 Å². The number of nitrogens with one attached hydrogen (secondary N) is 1. The van der Waals surface area contributed by atoms with Gasteiger partial charge in [-0.3, -0.25) is 23.4 Å². The van der Waals surface area contributed by atoms with Gasteiger partial charge in [0.05, 0.1) is 13.2 Å². The highest BCUT2D eigenvalue weighted by Crippen LogP contribution is 2.61. The maximum Gasteiger partial charge on any atom is 0.483 e. The normalized spacial score (nSPS) is 30.2. The zero-order valence-corrected chi connectivity index (χ0v) is 31.7. The maximum atomic E-state index is 12.3. The Hall–Kier alpha value is -1.46. The van der Waals surface area contributed by atoms with E-state index >= 15 is 0 Å². The first-order valence-electron chi connectivity index (χ1n) is 16.5. The molecular formula is C28H56N4O17P2. The summed E-state index contributed by atoms with van der Waals surface area (Å²) in [7, 11) is -9.93. The standard InChI is InChI=1S/C16H26N2O17P2.2C6H15N/c1-30-13-10(22)6(4-19)33-15(12(13)24)34-37(28,29)35-36(26,27)31-5-7-9(21)11(23)14(32-7)18-3-2-8(20)17-16(18)25;2*1-4-7(5-2)6-3/h2-3,6-7,9-15,19,21-24H,4-5H2,1H3,(H,26,27)(H,28,29)(H,17,20,25);2*4-6H2,1-3H3/t6-,7-,9-,10-,11-,12-,13+,14-,15-;;/m1../s1. The Balaban J connectivity index is 0.000000780. The molecule has 3 rings (SSSR count). The van der Waals surface area contributed by atoms with Crippen LogP contribution in [-0.2, 0) is 36.7 Å². The lowest BCUT2D eigenvalue weighted by Gasteiger charge is -2.41. The molecule has 2 aliphatic heterocycles. The summed E-state index contributed by atoms with van der Waals surface area (Å²) in [6, 6.07) is 0.938. The van der Waals surface area contributed by atoms with Crippen molar-refractivity contribution in [1.29, 1.82) is 0 Å². The number of aliphatic hydroxyl groups is 5. The van der Waals surface area contributed by atoms with Crippen LogP contribution in [0.25, 0.3) is 0 Å². The van der Waals surface area contributed by atoms with Crippen molar-refractivity contribution in [3.05, 3.63) is 33.1 Å². The van der Waals surface area contributed by atoms with Crippen LogP contribution < -0.4 is 11.2 Å². The van der Waals surface area contributed by atoms with Crippen molar-refractivity contribution in [3.8, 4) is 0 Å². The van der Waals surface area contributed by atoms with Crippen molar-refractivity contribution in [2.75, 3.05) is 59.6 Å². The van der Waals surface area contributed by atoms with Gasteiger partial charge in [0.25, 0.3) is 5.56 Å². The number of ether oxygens (including phenoxy) is 3. The third-order valence-electron chi connectivity index (χ3n) is 8.09. The molecule has 0 aromatic carbocycles. The summed E-state index contributed by atoms with van der Waals surface area (Å²) >= 11 is 0. The van der Waals surface area contributed by atoms with Gasteiger partial charge in [-0.15, -0.1) is 0 Å². The zero-order chi connectivity index (χ0) is 39.1. The van der Waals surface area contributed by atoms with Crippen LogP contribution in [-0.4, -0.2) is 163 Å². The van der Waals surface area contributed by atoms with Crippen molar-refractivity contribution < 1.29 is 72.0 Å². The highest BCUT2D eigenvalue weighted by molar-refractivity contribution is 7.61. The SMILES string of the molecule is CCN(CC)CC.CCN(CC)CC.CO[C@@H]1[C@@H](O)[C@@H](OP(=O)(O)OP(=O)(O)OC[C@H]2O[C@@H](n3ccc(=O)[nH]c3=O)[C@H](O)[C@@H]2O)O[C@H](CO)[C@H]1O. The number of hydrogen-bond acceptors (Lipinski definition) is 17. The second kappa shape index (κ2) is 22.7. The minimum absolute atomic E-state index is 0.736. The number of aromatic amines is 1. The maximum absolute atomic E-state index is 12.3. The first kappa shape index (κ1) is 47.6. The first-order valence-corrected chi connectivity index (χ1v) is 19.5. The summed E-state index contributed by atoms with van der Waals surface area (Å²) in [6.07, 6.45) is -14.0. The van der Waals surface area contributed by atoms with E-state index in [1.807, 2.05) is 4.98 Å². The molecule has 23 heteroatoms. The van der Waals surface area contributed by atoms with E-state index in [1.165, 1.54) is 39.3 Å². The number of aliphatic hydroxyl groups excluding tert-OH is 5. The van der Waals surface area contributed by atoms with Crippen molar-refractivity contribution >= 4 is 15.6 Å².